The lowest BCUT2D eigenvalue weighted by Crippen LogP contribution is -2.54. The number of nitrogens with one attached hydrogen (secondary N) is 1. The van der Waals surface area contributed by atoms with Gasteiger partial charge in [-0.1, -0.05) is 0 Å². The van der Waals surface area contributed by atoms with Gasteiger partial charge in [-0.05, 0) is 20.8 Å². The summed E-state index contributed by atoms with van der Waals surface area (Å²) in [5.41, 5.74) is 0. The third kappa shape index (κ3) is 5.56. The number of carboxylic acids is 1. The fraction of sp³-hybridized carbons (Fsp3) is 0.727. The highest BCUT2D eigenvalue weighted by molar-refractivity contribution is 5.85. The lowest BCUT2D eigenvalue weighted by molar-refractivity contribution is -0.141. The van der Waals surface area contributed by atoms with E-state index in [1.165, 1.54) is 14.0 Å². The molecule has 0 heterocycles. The number of carbonyl (C=O) groups is 3. The predicted molar refractivity (Wildman–Crippen MR) is 65.5 cm³/mol. The molecule has 110 valence electrons. The molecule has 0 aromatic carbocycles. The number of amides is 2. The Bertz CT molecular complexity index is 342. The highest BCUT2D eigenvalue weighted by atomic mass is 16.5. The van der Waals surface area contributed by atoms with Crippen molar-refractivity contribution in [3.63, 3.8) is 0 Å². The monoisotopic (exact) mass is 276 g/mol. The lowest BCUT2D eigenvalue weighted by atomic mass is 10.2. The van der Waals surface area contributed by atoms with Crippen molar-refractivity contribution in [2.75, 3.05) is 13.7 Å². The molecule has 0 rings (SSSR count). The van der Waals surface area contributed by atoms with E-state index >= 15 is 0 Å². The average Bonchev–Trinajstić information content (AvgIpc) is 2.30. The Morgan fingerprint density at radius 1 is 1.26 bits per heavy atom. The number of aliphatic hydroxyl groups excluding tert-OH is 1. The van der Waals surface area contributed by atoms with Crippen LogP contribution in [0.1, 0.15) is 20.8 Å². The number of aliphatic hydroxyl groups is 1. The molecule has 0 aliphatic rings. The molecule has 0 saturated carbocycles. The van der Waals surface area contributed by atoms with Gasteiger partial charge in [0, 0.05) is 6.04 Å². The summed E-state index contributed by atoms with van der Waals surface area (Å²) in [7, 11) is 1.19. The van der Waals surface area contributed by atoms with Crippen LogP contribution in [0.2, 0.25) is 0 Å². The molecular weight excluding hydrogens is 256 g/mol. The van der Waals surface area contributed by atoms with E-state index in [-0.39, 0.29) is 12.6 Å². The molecule has 0 aliphatic heterocycles. The molecule has 8 heteroatoms. The van der Waals surface area contributed by atoms with E-state index in [0.717, 1.165) is 4.90 Å². The number of aliphatic carboxylic acids is 1. The number of nitrogens with zero attached hydrogens (tertiary/aromatic N) is 1. The van der Waals surface area contributed by atoms with Crippen LogP contribution in [0.25, 0.3) is 0 Å². The van der Waals surface area contributed by atoms with Crippen LogP contribution >= 0.6 is 0 Å². The SMILES string of the molecule is COC(=O)CN(C(=O)NC(C(=O)O)C(C)O)C(C)C. The molecule has 0 fully saturated rings. The second kappa shape index (κ2) is 7.57. The summed E-state index contributed by atoms with van der Waals surface area (Å²) in [6.07, 6.45) is -1.26. The first-order valence-corrected chi connectivity index (χ1v) is 5.75. The quantitative estimate of drug-likeness (QED) is 0.558. The summed E-state index contributed by atoms with van der Waals surface area (Å²) in [6, 6.07) is -2.53. The van der Waals surface area contributed by atoms with Gasteiger partial charge in [-0.2, -0.15) is 0 Å². The minimum Gasteiger partial charge on any atom is -0.480 e. The van der Waals surface area contributed by atoms with Crippen LogP contribution in [0, 0.1) is 0 Å². The number of ether oxygens (including phenoxy) is 1. The van der Waals surface area contributed by atoms with Crippen LogP contribution in [-0.2, 0) is 14.3 Å². The van der Waals surface area contributed by atoms with Crippen LogP contribution in [0.5, 0.6) is 0 Å². The molecule has 2 unspecified atom stereocenters. The van der Waals surface area contributed by atoms with Gasteiger partial charge in [0.25, 0.3) is 0 Å². The normalized spacial score (nSPS) is 13.6. The number of hydrogen-bond donors (Lipinski definition) is 3. The van der Waals surface area contributed by atoms with Crippen molar-refractivity contribution < 1.29 is 29.3 Å². The van der Waals surface area contributed by atoms with Crippen molar-refractivity contribution in [1.82, 2.24) is 10.2 Å². The van der Waals surface area contributed by atoms with Gasteiger partial charge in [0.2, 0.25) is 0 Å². The summed E-state index contributed by atoms with van der Waals surface area (Å²) in [6.45, 7) is 4.28. The van der Waals surface area contributed by atoms with Crippen LogP contribution in [0.4, 0.5) is 4.79 Å². The van der Waals surface area contributed by atoms with Crippen molar-refractivity contribution in [3.05, 3.63) is 0 Å². The van der Waals surface area contributed by atoms with Crippen molar-refractivity contribution in [2.24, 2.45) is 0 Å². The minimum absolute atomic E-state index is 0.299. The molecular formula is C11H20N2O6. The van der Waals surface area contributed by atoms with E-state index in [4.69, 9.17) is 5.11 Å². The van der Waals surface area contributed by atoms with Crippen LogP contribution in [0.15, 0.2) is 0 Å². The minimum atomic E-state index is -1.44. The Labute approximate surface area is 111 Å². The van der Waals surface area contributed by atoms with E-state index in [1.807, 2.05) is 0 Å². The molecule has 0 aromatic heterocycles. The highest BCUT2D eigenvalue weighted by Crippen LogP contribution is 2.02. The van der Waals surface area contributed by atoms with Gasteiger partial charge in [0.15, 0.2) is 6.04 Å². The Kier molecular flexibility index (Phi) is 6.84. The van der Waals surface area contributed by atoms with Crippen LogP contribution in [-0.4, -0.2) is 64.9 Å². The number of carboxylic acid groups (broad SMARTS) is 1. The third-order valence-electron chi connectivity index (χ3n) is 2.44. The molecule has 8 nitrogen and oxygen atoms in total. The molecule has 0 spiro atoms. The van der Waals surface area contributed by atoms with Gasteiger partial charge in [-0.25, -0.2) is 9.59 Å². The highest BCUT2D eigenvalue weighted by Gasteiger charge is 2.29. The fourth-order valence-corrected chi connectivity index (χ4v) is 1.30. The van der Waals surface area contributed by atoms with E-state index in [0.29, 0.717) is 0 Å². The van der Waals surface area contributed by atoms with Gasteiger partial charge >= 0.3 is 18.0 Å². The summed E-state index contributed by atoms with van der Waals surface area (Å²) in [5.74, 6) is -1.97. The Balaban J connectivity index is 4.81. The largest absolute Gasteiger partial charge is 0.480 e. The first-order chi connectivity index (χ1) is 8.70. The summed E-state index contributed by atoms with van der Waals surface area (Å²) in [5, 5.41) is 20.3. The van der Waals surface area contributed by atoms with Crippen molar-refractivity contribution in [1.29, 1.82) is 0 Å². The zero-order chi connectivity index (χ0) is 15.2. The van der Waals surface area contributed by atoms with E-state index < -0.39 is 30.1 Å². The summed E-state index contributed by atoms with van der Waals surface area (Å²) >= 11 is 0. The molecule has 3 N–H and O–H groups in total. The molecule has 0 bridgehead atoms. The van der Waals surface area contributed by atoms with E-state index in [9.17, 15) is 19.5 Å². The third-order valence-corrected chi connectivity index (χ3v) is 2.44. The molecule has 0 saturated heterocycles. The smallest absolute Gasteiger partial charge is 0.328 e. The molecule has 19 heavy (non-hydrogen) atoms. The number of esters is 1. The fourth-order valence-electron chi connectivity index (χ4n) is 1.30. The molecule has 2 amide bonds. The van der Waals surface area contributed by atoms with Crippen molar-refractivity contribution in [2.45, 2.75) is 39.0 Å². The van der Waals surface area contributed by atoms with Gasteiger partial charge < -0.3 is 25.2 Å². The Hall–Kier alpha value is -1.83. The maximum Gasteiger partial charge on any atom is 0.328 e. The lowest BCUT2D eigenvalue weighted by Gasteiger charge is -2.28. The molecule has 0 aliphatic carbocycles. The topological polar surface area (TPSA) is 116 Å². The maximum atomic E-state index is 11.9. The van der Waals surface area contributed by atoms with E-state index in [2.05, 4.69) is 10.1 Å². The Morgan fingerprint density at radius 3 is 2.11 bits per heavy atom. The number of methoxy groups -OCH3 is 1. The summed E-state index contributed by atoms with van der Waals surface area (Å²) in [4.78, 5) is 35.0. The average molecular weight is 276 g/mol. The Morgan fingerprint density at radius 2 is 1.79 bits per heavy atom. The van der Waals surface area contributed by atoms with Crippen molar-refractivity contribution >= 4 is 18.0 Å². The zero-order valence-corrected chi connectivity index (χ0v) is 11.4. The number of urea groups is 1. The van der Waals surface area contributed by atoms with Gasteiger partial charge in [-0.3, -0.25) is 4.79 Å². The summed E-state index contributed by atoms with van der Waals surface area (Å²) < 4.78 is 4.45. The number of hydrogen-bond acceptors (Lipinski definition) is 5. The number of rotatable bonds is 6. The molecule has 0 radical (unpaired) electrons. The van der Waals surface area contributed by atoms with Gasteiger partial charge in [0.05, 0.1) is 13.2 Å². The maximum absolute atomic E-state index is 11.9. The van der Waals surface area contributed by atoms with Gasteiger partial charge in [0.1, 0.15) is 6.54 Å². The molecule has 2 atom stereocenters. The second-order valence-electron chi connectivity index (χ2n) is 4.30. The second-order valence-corrected chi connectivity index (χ2v) is 4.30. The predicted octanol–water partition coefficient (Wildman–Crippen LogP) is -0.587. The van der Waals surface area contributed by atoms with Crippen molar-refractivity contribution in [3.8, 4) is 0 Å². The zero-order valence-electron chi connectivity index (χ0n) is 11.4. The number of carbonyl (C=O) groups excluding carboxylic acids is 2. The van der Waals surface area contributed by atoms with Crippen LogP contribution < -0.4 is 5.32 Å². The van der Waals surface area contributed by atoms with Gasteiger partial charge in [-0.15, -0.1) is 0 Å². The van der Waals surface area contributed by atoms with Crippen LogP contribution in [0.3, 0.4) is 0 Å². The molecule has 0 aromatic rings. The first-order valence-electron chi connectivity index (χ1n) is 5.75. The van der Waals surface area contributed by atoms with E-state index in [1.54, 1.807) is 13.8 Å². The standard InChI is InChI=1S/C11H20N2O6/c1-6(2)13(5-8(15)19-4)11(18)12-9(7(3)14)10(16)17/h6-7,9,14H,5H2,1-4H3,(H,12,18)(H,16,17). The first kappa shape index (κ1) is 17.2.